The van der Waals surface area contributed by atoms with Crippen LogP contribution >= 0.6 is 0 Å². The quantitative estimate of drug-likeness (QED) is 0.794. The highest BCUT2D eigenvalue weighted by Crippen LogP contribution is 2.42. The van der Waals surface area contributed by atoms with Gasteiger partial charge in [0.1, 0.15) is 0 Å². The number of β-amino-alcohol motifs (C(OH)–C–C–N with tert-alkyl or cyclic N) is 1. The van der Waals surface area contributed by atoms with Crippen LogP contribution in [0.25, 0.3) is 0 Å². The van der Waals surface area contributed by atoms with Crippen molar-refractivity contribution in [2.75, 3.05) is 19.6 Å². The zero-order chi connectivity index (χ0) is 14.4. The second-order valence-electron chi connectivity index (χ2n) is 7.45. The van der Waals surface area contributed by atoms with E-state index in [-0.39, 0.29) is 17.6 Å². The molecule has 0 saturated carbocycles. The second-order valence-corrected chi connectivity index (χ2v) is 7.45. The Morgan fingerprint density at radius 1 is 1.16 bits per heavy atom. The molecule has 2 aliphatic heterocycles. The first-order valence-corrected chi connectivity index (χ1v) is 7.42. The Morgan fingerprint density at radius 2 is 1.79 bits per heavy atom. The van der Waals surface area contributed by atoms with Gasteiger partial charge in [0.05, 0.1) is 23.4 Å². The van der Waals surface area contributed by atoms with Crippen LogP contribution in [0, 0.1) is 11.8 Å². The molecule has 4 atom stereocenters. The van der Waals surface area contributed by atoms with Gasteiger partial charge in [0, 0.05) is 19.0 Å². The van der Waals surface area contributed by atoms with Gasteiger partial charge in [0.15, 0.2) is 0 Å². The molecule has 2 fully saturated rings. The minimum Gasteiger partial charge on any atom is -0.392 e. The molecule has 2 N–H and O–H groups in total. The molecule has 4 heteroatoms. The number of aliphatic hydroxyl groups is 2. The minimum absolute atomic E-state index is 0.0862. The molecular weight excluding hydrogens is 242 g/mol. The lowest BCUT2D eigenvalue weighted by Gasteiger charge is -2.38. The van der Waals surface area contributed by atoms with Gasteiger partial charge in [-0.05, 0) is 46.6 Å². The lowest BCUT2D eigenvalue weighted by molar-refractivity contribution is -0.0918. The van der Waals surface area contributed by atoms with Crippen molar-refractivity contribution in [3.8, 4) is 0 Å². The van der Waals surface area contributed by atoms with Crippen molar-refractivity contribution in [1.82, 2.24) is 4.90 Å². The van der Waals surface area contributed by atoms with E-state index >= 15 is 0 Å². The fraction of sp³-hybridized carbons (Fsp3) is 1.00. The van der Waals surface area contributed by atoms with E-state index in [4.69, 9.17) is 4.74 Å². The van der Waals surface area contributed by atoms with Crippen LogP contribution in [0.15, 0.2) is 0 Å². The van der Waals surface area contributed by atoms with Crippen LogP contribution in [-0.2, 0) is 4.74 Å². The Bertz CT molecular complexity index is 329. The van der Waals surface area contributed by atoms with Crippen molar-refractivity contribution in [3.05, 3.63) is 0 Å². The maximum atomic E-state index is 10.5. The van der Waals surface area contributed by atoms with E-state index in [1.54, 1.807) is 0 Å². The summed E-state index contributed by atoms with van der Waals surface area (Å²) in [6.07, 6.45) is 0.317. The highest BCUT2D eigenvalue weighted by Gasteiger charge is 2.53. The lowest BCUT2D eigenvalue weighted by atomic mass is 9.83. The van der Waals surface area contributed by atoms with Crippen LogP contribution in [0.4, 0.5) is 0 Å². The van der Waals surface area contributed by atoms with Crippen LogP contribution in [0.5, 0.6) is 0 Å². The van der Waals surface area contributed by atoms with Crippen molar-refractivity contribution in [2.24, 2.45) is 11.8 Å². The van der Waals surface area contributed by atoms with E-state index in [0.29, 0.717) is 12.5 Å². The maximum absolute atomic E-state index is 10.5. The fourth-order valence-electron chi connectivity index (χ4n) is 3.56. The summed E-state index contributed by atoms with van der Waals surface area (Å²) in [7, 11) is 0. The van der Waals surface area contributed by atoms with Crippen molar-refractivity contribution in [3.63, 3.8) is 0 Å². The number of rotatable bonds is 2. The fourth-order valence-corrected chi connectivity index (χ4v) is 3.56. The van der Waals surface area contributed by atoms with Gasteiger partial charge in [0.25, 0.3) is 0 Å². The highest BCUT2D eigenvalue weighted by atomic mass is 16.5. The second kappa shape index (κ2) is 4.99. The van der Waals surface area contributed by atoms with Gasteiger partial charge in [0.2, 0.25) is 0 Å². The molecule has 0 bridgehead atoms. The number of piperidine rings is 1. The Hall–Kier alpha value is -0.160. The van der Waals surface area contributed by atoms with Crippen LogP contribution < -0.4 is 0 Å². The molecule has 0 amide bonds. The minimum atomic E-state index is -0.490. The molecular formula is C15H29NO3. The number of hydrogen-bond donors (Lipinski definition) is 2. The number of nitrogens with zero attached hydrogens (tertiary/aromatic N) is 1. The third kappa shape index (κ3) is 2.97. The predicted octanol–water partition coefficient (Wildman–Crippen LogP) is 1.25. The Labute approximate surface area is 116 Å². The molecule has 4 nitrogen and oxygen atoms in total. The average Bonchev–Trinajstić information content (AvgIpc) is 2.42. The van der Waals surface area contributed by atoms with Crippen molar-refractivity contribution >= 4 is 0 Å². The van der Waals surface area contributed by atoms with E-state index in [1.807, 2.05) is 13.8 Å². The molecule has 0 spiro atoms. The summed E-state index contributed by atoms with van der Waals surface area (Å²) in [5, 5.41) is 20.5. The average molecular weight is 271 g/mol. The van der Waals surface area contributed by atoms with Crippen molar-refractivity contribution < 1.29 is 14.9 Å². The molecule has 112 valence electrons. The van der Waals surface area contributed by atoms with Gasteiger partial charge in [-0.1, -0.05) is 6.92 Å². The molecule has 0 aromatic heterocycles. The first-order valence-electron chi connectivity index (χ1n) is 7.42. The molecule has 0 radical (unpaired) electrons. The molecule has 19 heavy (non-hydrogen) atoms. The number of hydrogen-bond acceptors (Lipinski definition) is 4. The maximum Gasteiger partial charge on any atom is 0.0896 e. The van der Waals surface area contributed by atoms with Gasteiger partial charge in [-0.3, -0.25) is 0 Å². The monoisotopic (exact) mass is 271 g/mol. The smallest absolute Gasteiger partial charge is 0.0896 e. The molecule has 0 aliphatic carbocycles. The molecule has 2 aliphatic rings. The first-order chi connectivity index (χ1) is 8.63. The SMILES string of the molecule is CC1CCN(CC2C(O)C(C)(C)OC2(C)C)CC1O. The van der Waals surface area contributed by atoms with Crippen LogP contribution in [0.1, 0.15) is 41.0 Å². The topological polar surface area (TPSA) is 52.9 Å². The zero-order valence-electron chi connectivity index (χ0n) is 12.9. The third-order valence-electron chi connectivity index (χ3n) is 4.97. The number of aliphatic hydroxyl groups excluding tert-OH is 2. The molecule has 0 aromatic carbocycles. The van der Waals surface area contributed by atoms with E-state index in [0.717, 1.165) is 19.5 Å². The van der Waals surface area contributed by atoms with E-state index in [1.165, 1.54) is 0 Å². The number of ether oxygens (including phenoxy) is 1. The van der Waals surface area contributed by atoms with Gasteiger partial charge < -0.3 is 19.8 Å². The summed E-state index contributed by atoms with van der Waals surface area (Å²) in [4.78, 5) is 2.27. The third-order valence-corrected chi connectivity index (χ3v) is 4.97. The summed E-state index contributed by atoms with van der Waals surface area (Å²) in [5.41, 5.74) is -0.813. The zero-order valence-corrected chi connectivity index (χ0v) is 12.9. The van der Waals surface area contributed by atoms with Gasteiger partial charge in [-0.15, -0.1) is 0 Å². The summed E-state index contributed by atoms with van der Waals surface area (Å²) in [6, 6.07) is 0. The Kier molecular flexibility index (Phi) is 4.00. The molecule has 2 heterocycles. The summed E-state index contributed by atoms with van der Waals surface area (Å²) in [6.45, 7) is 12.6. The molecule has 0 aromatic rings. The van der Waals surface area contributed by atoms with Gasteiger partial charge in [-0.2, -0.15) is 0 Å². The van der Waals surface area contributed by atoms with Crippen molar-refractivity contribution in [1.29, 1.82) is 0 Å². The van der Waals surface area contributed by atoms with Gasteiger partial charge in [-0.25, -0.2) is 0 Å². The summed E-state index contributed by atoms with van der Waals surface area (Å²) in [5.74, 6) is 0.466. The molecule has 4 unspecified atom stereocenters. The highest BCUT2D eigenvalue weighted by molar-refractivity contribution is 5.02. The number of likely N-dealkylation sites (tertiary alicyclic amines) is 1. The van der Waals surface area contributed by atoms with E-state index in [2.05, 4.69) is 25.7 Å². The Morgan fingerprint density at radius 3 is 2.26 bits per heavy atom. The van der Waals surface area contributed by atoms with E-state index < -0.39 is 11.7 Å². The van der Waals surface area contributed by atoms with Crippen molar-refractivity contribution in [2.45, 2.75) is 64.4 Å². The largest absolute Gasteiger partial charge is 0.392 e. The predicted molar refractivity (Wildman–Crippen MR) is 75.0 cm³/mol. The van der Waals surface area contributed by atoms with E-state index in [9.17, 15) is 10.2 Å². The molecule has 2 saturated heterocycles. The lowest BCUT2D eigenvalue weighted by Crippen LogP contribution is -2.49. The Balaban J connectivity index is 2.02. The molecule has 2 rings (SSSR count). The van der Waals surface area contributed by atoms with Crippen LogP contribution in [0.3, 0.4) is 0 Å². The standard InChI is InChI=1S/C15H29NO3/c1-10-6-7-16(9-12(10)17)8-11-13(18)15(4,5)19-14(11,2)3/h10-13,17-18H,6-9H2,1-5H3. The summed E-state index contributed by atoms with van der Waals surface area (Å²) >= 11 is 0. The summed E-state index contributed by atoms with van der Waals surface area (Å²) < 4.78 is 6.01. The van der Waals surface area contributed by atoms with Gasteiger partial charge >= 0.3 is 0 Å². The van der Waals surface area contributed by atoms with Crippen LogP contribution in [-0.4, -0.2) is 58.2 Å². The van der Waals surface area contributed by atoms with Crippen LogP contribution in [0.2, 0.25) is 0 Å². The first kappa shape index (κ1) is 15.2. The normalized spacial score (nSPS) is 42.5.